The van der Waals surface area contributed by atoms with Gasteiger partial charge in [0.2, 0.25) is 0 Å². The first-order chi connectivity index (χ1) is 12.0. The van der Waals surface area contributed by atoms with Crippen LogP contribution in [0.15, 0.2) is 48.5 Å². The first kappa shape index (κ1) is 17.3. The zero-order valence-electron chi connectivity index (χ0n) is 14.6. The van der Waals surface area contributed by atoms with Crippen LogP contribution in [0.3, 0.4) is 0 Å². The summed E-state index contributed by atoms with van der Waals surface area (Å²) in [6, 6.07) is 15.0. The molecule has 1 atom stereocenters. The second kappa shape index (κ2) is 7.15. The SMILES string of the molecule is CC1(C)CC(NC(=O)NCc2ccccc2CO)c2ccccc2O1. The fraction of sp³-hybridized carbons (Fsp3) is 0.350. The zero-order valence-corrected chi connectivity index (χ0v) is 14.6. The van der Waals surface area contributed by atoms with Gasteiger partial charge in [-0.2, -0.15) is 0 Å². The van der Waals surface area contributed by atoms with Gasteiger partial charge in [0, 0.05) is 18.5 Å². The Hall–Kier alpha value is -2.53. The van der Waals surface area contributed by atoms with Crippen LogP contribution < -0.4 is 15.4 Å². The predicted molar refractivity (Wildman–Crippen MR) is 96.2 cm³/mol. The van der Waals surface area contributed by atoms with Gasteiger partial charge in [-0.3, -0.25) is 0 Å². The number of ether oxygens (including phenoxy) is 1. The Morgan fingerprint density at radius 1 is 1.16 bits per heavy atom. The van der Waals surface area contributed by atoms with E-state index in [9.17, 15) is 9.90 Å². The summed E-state index contributed by atoms with van der Waals surface area (Å²) in [6.07, 6.45) is 0.699. The van der Waals surface area contributed by atoms with Crippen molar-refractivity contribution < 1.29 is 14.6 Å². The number of hydrogen-bond acceptors (Lipinski definition) is 3. The van der Waals surface area contributed by atoms with Crippen molar-refractivity contribution in [2.24, 2.45) is 0 Å². The summed E-state index contributed by atoms with van der Waals surface area (Å²) in [6.45, 7) is 4.37. The zero-order chi connectivity index (χ0) is 17.9. The van der Waals surface area contributed by atoms with E-state index in [1.54, 1.807) is 0 Å². The summed E-state index contributed by atoms with van der Waals surface area (Å²) >= 11 is 0. The van der Waals surface area contributed by atoms with Crippen LogP contribution in [-0.2, 0) is 13.2 Å². The molecule has 1 aliphatic rings. The minimum Gasteiger partial charge on any atom is -0.487 e. The lowest BCUT2D eigenvalue weighted by atomic mass is 9.90. The quantitative estimate of drug-likeness (QED) is 0.800. The molecule has 5 heteroatoms. The summed E-state index contributed by atoms with van der Waals surface area (Å²) in [5, 5.41) is 15.3. The molecule has 0 saturated heterocycles. The Morgan fingerprint density at radius 2 is 1.84 bits per heavy atom. The van der Waals surface area contributed by atoms with E-state index in [-0.39, 0.29) is 24.3 Å². The van der Waals surface area contributed by atoms with E-state index in [1.165, 1.54) is 0 Å². The van der Waals surface area contributed by atoms with Gasteiger partial charge in [0.1, 0.15) is 11.4 Å². The number of hydrogen-bond donors (Lipinski definition) is 3. The molecule has 2 aromatic rings. The Bertz CT molecular complexity index is 758. The molecule has 25 heavy (non-hydrogen) atoms. The van der Waals surface area contributed by atoms with Gasteiger partial charge in [0.25, 0.3) is 0 Å². The van der Waals surface area contributed by atoms with Crippen molar-refractivity contribution in [2.45, 2.75) is 45.1 Å². The summed E-state index contributed by atoms with van der Waals surface area (Å²) in [4.78, 5) is 12.4. The molecule has 0 saturated carbocycles. The van der Waals surface area contributed by atoms with Crippen LogP contribution >= 0.6 is 0 Å². The van der Waals surface area contributed by atoms with Gasteiger partial charge in [-0.05, 0) is 31.0 Å². The maximum atomic E-state index is 12.4. The fourth-order valence-corrected chi connectivity index (χ4v) is 3.20. The van der Waals surface area contributed by atoms with Crippen molar-refractivity contribution in [3.8, 4) is 5.75 Å². The fourth-order valence-electron chi connectivity index (χ4n) is 3.20. The number of carbonyl (C=O) groups is 1. The van der Waals surface area contributed by atoms with Crippen molar-refractivity contribution in [3.63, 3.8) is 0 Å². The lowest BCUT2D eigenvalue weighted by molar-refractivity contribution is 0.0679. The lowest BCUT2D eigenvalue weighted by Gasteiger charge is -2.37. The number of carbonyl (C=O) groups excluding carboxylic acids is 1. The molecule has 0 bridgehead atoms. The average molecular weight is 340 g/mol. The molecule has 1 unspecified atom stereocenters. The number of fused-ring (bicyclic) bond motifs is 1. The molecule has 0 radical (unpaired) electrons. The van der Waals surface area contributed by atoms with Gasteiger partial charge in [-0.1, -0.05) is 42.5 Å². The van der Waals surface area contributed by atoms with E-state index in [0.29, 0.717) is 13.0 Å². The van der Waals surface area contributed by atoms with Gasteiger partial charge < -0.3 is 20.5 Å². The van der Waals surface area contributed by atoms with Crippen LogP contribution in [-0.4, -0.2) is 16.7 Å². The molecular formula is C20H24N2O3. The second-order valence-corrected chi connectivity index (χ2v) is 6.91. The summed E-state index contributed by atoms with van der Waals surface area (Å²) < 4.78 is 5.99. The third kappa shape index (κ3) is 4.12. The highest BCUT2D eigenvalue weighted by Gasteiger charge is 2.34. The number of benzene rings is 2. The Morgan fingerprint density at radius 3 is 2.60 bits per heavy atom. The maximum Gasteiger partial charge on any atom is 0.315 e. The molecule has 0 spiro atoms. The van der Waals surface area contributed by atoms with Crippen molar-refractivity contribution in [1.82, 2.24) is 10.6 Å². The second-order valence-electron chi connectivity index (χ2n) is 6.91. The van der Waals surface area contributed by atoms with Crippen LogP contribution in [0.1, 0.15) is 43.0 Å². The third-order valence-corrected chi connectivity index (χ3v) is 4.41. The van der Waals surface area contributed by atoms with Crippen LogP contribution in [0, 0.1) is 0 Å². The van der Waals surface area contributed by atoms with E-state index in [0.717, 1.165) is 22.4 Å². The molecule has 0 aliphatic carbocycles. The van der Waals surface area contributed by atoms with E-state index < -0.39 is 0 Å². The van der Waals surface area contributed by atoms with Crippen molar-refractivity contribution >= 4 is 6.03 Å². The molecule has 1 aliphatic heterocycles. The van der Waals surface area contributed by atoms with E-state index in [4.69, 9.17) is 4.74 Å². The molecule has 2 amide bonds. The van der Waals surface area contributed by atoms with Crippen LogP contribution in [0.2, 0.25) is 0 Å². The molecule has 1 heterocycles. The number of aliphatic hydroxyl groups is 1. The largest absolute Gasteiger partial charge is 0.487 e. The van der Waals surface area contributed by atoms with Crippen LogP contribution in [0.4, 0.5) is 4.79 Å². The predicted octanol–water partition coefficient (Wildman–Crippen LogP) is 3.28. The van der Waals surface area contributed by atoms with E-state index in [1.807, 2.05) is 62.4 Å². The summed E-state index contributed by atoms with van der Waals surface area (Å²) in [7, 11) is 0. The van der Waals surface area contributed by atoms with Gasteiger partial charge in [-0.25, -0.2) is 4.79 Å². The van der Waals surface area contributed by atoms with E-state index in [2.05, 4.69) is 10.6 Å². The molecule has 3 N–H and O–H groups in total. The van der Waals surface area contributed by atoms with Crippen LogP contribution in [0.5, 0.6) is 5.75 Å². The number of urea groups is 1. The topological polar surface area (TPSA) is 70.6 Å². The smallest absolute Gasteiger partial charge is 0.315 e. The average Bonchev–Trinajstić information content (AvgIpc) is 2.59. The number of para-hydroxylation sites is 1. The molecule has 2 aromatic carbocycles. The van der Waals surface area contributed by atoms with Crippen molar-refractivity contribution in [3.05, 3.63) is 65.2 Å². The molecule has 3 rings (SSSR count). The highest BCUT2D eigenvalue weighted by molar-refractivity contribution is 5.74. The standard InChI is InChI=1S/C20H24N2O3/c1-20(2)11-17(16-9-5-6-10-18(16)25-20)22-19(24)21-12-14-7-3-4-8-15(14)13-23/h3-10,17,23H,11-13H2,1-2H3,(H2,21,22,24). The number of rotatable bonds is 4. The van der Waals surface area contributed by atoms with E-state index >= 15 is 0 Å². The minimum absolute atomic E-state index is 0.0407. The van der Waals surface area contributed by atoms with Gasteiger partial charge in [-0.15, -0.1) is 0 Å². The number of aliphatic hydroxyl groups excluding tert-OH is 1. The van der Waals surface area contributed by atoms with Crippen molar-refractivity contribution in [2.75, 3.05) is 0 Å². The molecule has 132 valence electrons. The van der Waals surface area contributed by atoms with Crippen molar-refractivity contribution in [1.29, 1.82) is 0 Å². The van der Waals surface area contributed by atoms with Gasteiger partial charge in [0.05, 0.1) is 12.6 Å². The minimum atomic E-state index is -0.338. The van der Waals surface area contributed by atoms with Gasteiger partial charge in [0.15, 0.2) is 0 Å². The molecule has 5 nitrogen and oxygen atoms in total. The highest BCUT2D eigenvalue weighted by atomic mass is 16.5. The third-order valence-electron chi connectivity index (χ3n) is 4.41. The molecular weight excluding hydrogens is 316 g/mol. The highest BCUT2D eigenvalue weighted by Crippen LogP contribution is 2.39. The Labute approximate surface area is 148 Å². The number of nitrogens with one attached hydrogen (secondary N) is 2. The van der Waals surface area contributed by atoms with Crippen LogP contribution in [0.25, 0.3) is 0 Å². The summed E-state index contributed by atoms with van der Waals surface area (Å²) in [5.74, 6) is 0.815. The first-order valence-corrected chi connectivity index (χ1v) is 8.48. The monoisotopic (exact) mass is 340 g/mol. The first-order valence-electron chi connectivity index (χ1n) is 8.48. The maximum absolute atomic E-state index is 12.4. The Balaban J connectivity index is 1.67. The van der Waals surface area contributed by atoms with Gasteiger partial charge >= 0.3 is 6.03 Å². The molecule has 0 aromatic heterocycles. The normalized spacial score (nSPS) is 18.0. The molecule has 0 fully saturated rings. The Kier molecular flexibility index (Phi) is 4.95. The number of amides is 2. The summed E-state index contributed by atoms with van der Waals surface area (Å²) in [5.41, 5.74) is 2.39. The lowest BCUT2D eigenvalue weighted by Crippen LogP contribution is -2.44.